The molecule has 2 aromatic carbocycles. The fourth-order valence-corrected chi connectivity index (χ4v) is 3.37. The van der Waals surface area contributed by atoms with E-state index < -0.39 is 0 Å². The van der Waals surface area contributed by atoms with Crippen LogP contribution in [0.2, 0.25) is 0 Å². The molecule has 0 aliphatic rings. The lowest BCUT2D eigenvalue weighted by Crippen LogP contribution is -2.13. The van der Waals surface area contributed by atoms with Crippen molar-refractivity contribution in [3.63, 3.8) is 0 Å². The first-order valence-electron chi connectivity index (χ1n) is 10.1. The summed E-state index contributed by atoms with van der Waals surface area (Å²) in [5.74, 6) is 1.37. The van der Waals surface area contributed by atoms with E-state index in [-0.39, 0.29) is 5.91 Å². The molecule has 2 N–H and O–H groups in total. The normalized spacial score (nSPS) is 10.7. The molecule has 2 heterocycles. The van der Waals surface area contributed by atoms with Crippen molar-refractivity contribution in [1.82, 2.24) is 15.0 Å². The van der Waals surface area contributed by atoms with Crippen LogP contribution in [-0.4, -0.2) is 20.9 Å². The number of aryl methyl sites for hydroxylation is 3. The molecule has 0 bridgehead atoms. The standard InChI is InChI=1S/C25H24N4O2/c1-16-12-17(2)23(13-22(16)24-14-27-18(3)28-24)29-25(30)19-7-9-21(10-8-19)31-15-20-6-4-5-11-26-20/h4-14H,15H2,1-3H3,(H,27,28)(H,29,30). The van der Waals surface area contributed by atoms with Crippen molar-refractivity contribution in [2.45, 2.75) is 27.4 Å². The molecule has 0 radical (unpaired) electrons. The Bertz CT molecular complexity index is 1200. The third kappa shape index (κ3) is 4.80. The van der Waals surface area contributed by atoms with Crippen molar-refractivity contribution in [3.05, 3.63) is 95.2 Å². The second kappa shape index (κ2) is 8.83. The molecule has 6 heteroatoms. The first kappa shape index (κ1) is 20.3. The van der Waals surface area contributed by atoms with Gasteiger partial charge in [-0.3, -0.25) is 9.78 Å². The summed E-state index contributed by atoms with van der Waals surface area (Å²) < 4.78 is 5.74. The zero-order chi connectivity index (χ0) is 21.8. The molecule has 0 spiro atoms. The van der Waals surface area contributed by atoms with Crippen LogP contribution >= 0.6 is 0 Å². The summed E-state index contributed by atoms with van der Waals surface area (Å²) in [6.45, 7) is 6.33. The minimum Gasteiger partial charge on any atom is -0.487 e. The van der Waals surface area contributed by atoms with E-state index in [1.54, 1.807) is 30.5 Å². The molecule has 0 saturated heterocycles. The van der Waals surface area contributed by atoms with Gasteiger partial charge in [-0.25, -0.2) is 4.98 Å². The third-order valence-corrected chi connectivity index (χ3v) is 5.04. The highest BCUT2D eigenvalue weighted by molar-refractivity contribution is 6.05. The largest absolute Gasteiger partial charge is 0.487 e. The Labute approximate surface area is 181 Å². The second-order valence-electron chi connectivity index (χ2n) is 7.45. The average molecular weight is 412 g/mol. The lowest BCUT2D eigenvalue weighted by Gasteiger charge is -2.13. The van der Waals surface area contributed by atoms with Crippen molar-refractivity contribution in [2.75, 3.05) is 5.32 Å². The molecule has 0 aliphatic heterocycles. The van der Waals surface area contributed by atoms with Crippen LogP contribution in [0.3, 0.4) is 0 Å². The van der Waals surface area contributed by atoms with Gasteiger partial charge in [0.25, 0.3) is 5.91 Å². The van der Waals surface area contributed by atoms with Crippen LogP contribution in [0.1, 0.15) is 33.0 Å². The Kier molecular flexibility index (Phi) is 5.80. The molecule has 0 atom stereocenters. The molecule has 1 amide bonds. The van der Waals surface area contributed by atoms with E-state index in [0.717, 1.165) is 39.6 Å². The molecule has 31 heavy (non-hydrogen) atoms. The van der Waals surface area contributed by atoms with Gasteiger partial charge in [0.15, 0.2) is 0 Å². The number of anilines is 1. The van der Waals surface area contributed by atoms with Crippen molar-refractivity contribution >= 4 is 11.6 Å². The minimum atomic E-state index is -0.171. The van der Waals surface area contributed by atoms with Gasteiger partial charge < -0.3 is 15.0 Å². The molecule has 6 nitrogen and oxygen atoms in total. The number of hydrogen-bond donors (Lipinski definition) is 2. The van der Waals surface area contributed by atoms with Gasteiger partial charge in [0.2, 0.25) is 0 Å². The number of aromatic amines is 1. The van der Waals surface area contributed by atoms with Gasteiger partial charge >= 0.3 is 0 Å². The number of benzene rings is 2. The van der Waals surface area contributed by atoms with Crippen LogP contribution in [0, 0.1) is 20.8 Å². The van der Waals surface area contributed by atoms with Crippen molar-refractivity contribution in [3.8, 4) is 17.0 Å². The Balaban J connectivity index is 1.46. The maximum absolute atomic E-state index is 12.8. The second-order valence-corrected chi connectivity index (χ2v) is 7.45. The lowest BCUT2D eigenvalue weighted by molar-refractivity contribution is 0.102. The van der Waals surface area contributed by atoms with Crippen LogP contribution in [0.15, 0.2) is 67.0 Å². The molecule has 0 aliphatic carbocycles. The summed E-state index contributed by atoms with van der Waals surface area (Å²) in [4.78, 5) is 24.6. The van der Waals surface area contributed by atoms with E-state index in [1.165, 1.54) is 0 Å². The highest BCUT2D eigenvalue weighted by atomic mass is 16.5. The van der Waals surface area contributed by atoms with Gasteiger partial charge in [-0.15, -0.1) is 0 Å². The molecule has 0 saturated carbocycles. The van der Waals surface area contributed by atoms with Crippen LogP contribution in [0.5, 0.6) is 5.75 Å². The lowest BCUT2D eigenvalue weighted by atomic mass is 10.0. The predicted molar refractivity (Wildman–Crippen MR) is 121 cm³/mol. The fourth-order valence-electron chi connectivity index (χ4n) is 3.37. The number of nitrogens with one attached hydrogen (secondary N) is 2. The van der Waals surface area contributed by atoms with Crippen LogP contribution < -0.4 is 10.1 Å². The topological polar surface area (TPSA) is 79.9 Å². The average Bonchev–Trinajstić information content (AvgIpc) is 3.21. The van der Waals surface area contributed by atoms with E-state index in [4.69, 9.17) is 4.74 Å². The number of rotatable bonds is 6. The minimum absolute atomic E-state index is 0.171. The zero-order valence-corrected chi connectivity index (χ0v) is 17.8. The monoisotopic (exact) mass is 412 g/mol. The van der Waals surface area contributed by atoms with Crippen LogP contribution in [-0.2, 0) is 6.61 Å². The summed E-state index contributed by atoms with van der Waals surface area (Å²) in [7, 11) is 0. The number of imidazole rings is 1. The number of hydrogen-bond acceptors (Lipinski definition) is 4. The number of aromatic nitrogens is 3. The summed E-state index contributed by atoms with van der Waals surface area (Å²) in [5, 5.41) is 3.02. The number of carbonyl (C=O) groups is 1. The quantitative estimate of drug-likeness (QED) is 0.455. The van der Waals surface area contributed by atoms with Crippen LogP contribution in [0.4, 0.5) is 5.69 Å². The molecule has 156 valence electrons. The maximum atomic E-state index is 12.8. The van der Waals surface area contributed by atoms with E-state index in [9.17, 15) is 4.79 Å². The number of H-pyrrole nitrogens is 1. The van der Waals surface area contributed by atoms with Crippen molar-refractivity contribution in [1.29, 1.82) is 0 Å². The molecule has 4 aromatic rings. The van der Waals surface area contributed by atoms with Gasteiger partial charge in [-0.05, 0) is 74.4 Å². The smallest absolute Gasteiger partial charge is 0.255 e. The Hall–Kier alpha value is -3.93. The van der Waals surface area contributed by atoms with Gasteiger partial charge in [0.1, 0.15) is 18.2 Å². The first-order valence-corrected chi connectivity index (χ1v) is 10.1. The first-order chi connectivity index (χ1) is 15.0. The molecule has 4 rings (SSSR count). The summed E-state index contributed by atoms with van der Waals surface area (Å²) in [6.07, 6.45) is 3.54. The number of carbonyl (C=O) groups excluding carboxylic acids is 1. The van der Waals surface area contributed by atoms with E-state index in [0.29, 0.717) is 17.9 Å². The summed E-state index contributed by atoms with van der Waals surface area (Å²) in [5.41, 5.74) is 6.24. The third-order valence-electron chi connectivity index (χ3n) is 5.04. The van der Waals surface area contributed by atoms with Gasteiger partial charge in [0, 0.05) is 23.0 Å². The predicted octanol–water partition coefficient (Wildman–Crippen LogP) is 5.23. The summed E-state index contributed by atoms with van der Waals surface area (Å²) in [6, 6.07) is 16.8. The zero-order valence-electron chi connectivity index (χ0n) is 17.8. The fraction of sp³-hybridized carbons (Fsp3) is 0.160. The molecule has 0 fully saturated rings. The van der Waals surface area contributed by atoms with Gasteiger partial charge in [-0.1, -0.05) is 12.1 Å². The van der Waals surface area contributed by atoms with E-state index in [1.807, 2.05) is 51.2 Å². The number of nitrogens with zero attached hydrogens (tertiary/aromatic N) is 2. The highest BCUT2D eigenvalue weighted by Gasteiger charge is 2.12. The van der Waals surface area contributed by atoms with Gasteiger partial charge in [-0.2, -0.15) is 0 Å². The van der Waals surface area contributed by atoms with Gasteiger partial charge in [0.05, 0.1) is 17.6 Å². The van der Waals surface area contributed by atoms with E-state index >= 15 is 0 Å². The molecule has 0 unspecified atom stereocenters. The molecular formula is C25H24N4O2. The Morgan fingerprint density at radius 1 is 1.00 bits per heavy atom. The molecule has 2 aromatic heterocycles. The number of ether oxygens (including phenoxy) is 1. The van der Waals surface area contributed by atoms with Crippen molar-refractivity contribution < 1.29 is 9.53 Å². The van der Waals surface area contributed by atoms with Crippen LogP contribution in [0.25, 0.3) is 11.3 Å². The highest BCUT2D eigenvalue weighted by Crippen LogP contribution is 2.28. The van der Waals surface area contributed by atoms with E-state index in [2.05, 4.69) is 26.3 Å². The maximum Gasteiger partial charge on any atom is 0.255 e. The number of amides is 1. The van der Waals surface area contributed by atoms with Crippen molar-refractivity contribution in [2.24, 2.45) is 0 Å². The Morgan fingerprint density at radius 3 is 2.48 bits per heavy atom. The SMILES string of the molecule is Cc1ncc(-c2cc(NC(=O)c3ccc(OCc4ccccn4)cc3)c(C)cc2C)[nH]1. The summed E-state index contributed by atoms with van der Waals surface area (Å²) >= 11 is 0. The number of pyridine rings is 1. The molecular weight excluding hydrogens is 388 g/mol. The Morgan fingerprint density at radius 2 is 1.81 bits per heavy atom.